The van der Waals surface area contributed by atoms with E-state index in [-0.39, 0.29) is 6.61 Å². The monoisotopic (exact) mass is 229 g/mol. The Morgan fingerprint density at radius 1 is 1.47 bits per heavy atom. The molecule has 0 radical (unpaired) electrons. The maximum atomic E-state index is 9.75. The van der Waals surface area contributed by atoms with Gasteiger partial charge in [0.25, 0.3) is 0 Å². The second-order valence-electron chi connectivity index (χ2n) is 3.81. The summed E-state index contributed by atoms with van der Waals surface area (Å²) >= 11 is 1.57. The number of hydrogen-bond acceptors (Lipinski definition) is 4. The van der Waals surface area contributed by atoms with E-state index in [2.05, 4.69) is 12.2 Å². The van der Waals surface area contributed by atoms with Crippen molar-refractivity contribution in [1.29, 1.82) is 0 Å². The van der Waals surface area contributed by atoms with Crippen LogP contribution < -0.4 is 5.32 Å². The topological polar surface area (TPSA) is 52.5 Å². The van der Waals surface area contributed by atoms with Crippen LogP contribution in [0.1, 0.15) is 24.3 Å². The quantitative estimate of drug-likeness (QED) is 0.662. The molecule has 3 N–H and O–H groups in total. The van der Waals surface area contributed by atoms with Crippen molar-refractivity contribution >= 4 is 11.3 Å². The van der Waals surface area contributed by atoms with Crippen molar-refractivity contribution in [2.24, 2.45) is 5.92 Å². The van der Waals surface area contributed by atoms with Crippen molar-refractivity contribution in [3.05, 3.63) is 22.4 Å². The molecule has 0 saturated carbocycles. The van der Waals surface area contributed by atoms with Crippen LogP contribution in [0.15, 0.2) is 17.5 Å². The van der Waals surface area contributed by atoms with Gasteiger partial charge in [0.05, 0.1) is 0 Å². The molecule has 0 aliphatic carbocycles. The summed E-state index contributed by atoms with van der Waals surface area (Å²) in [6.07, 6.45) is 0.397. The Bertz CT molecular complexity index is 251. The fraction of sp³-hybridized carbons (Fsp3) is 0.636. The van der Waals surface area contributed by atoms with Gasteiger partial charge in [-0.3, -0.25) is 0 Å². The van der Waals surface area contributed by atoms with Crippen LogP contribution >= 0.6 is 11.3 Å². The Morgan fingerprint density at radius 2 is 2.27 bits per heavy atom. The molecule has 0 bridgehead atoms. The first-order chi connectivity index (χ1) is 7.24. The SMILES string of the molecule is CC(CCO)CNCC(O)c1cccs1. The highest BCUT2D eigenvalue weighted by atomic mass is 32.1. The number of thiophene rings is 1. The van der Waals surface area contributed by atoms with E-state index in [1.54, 1.807) is 11.3 Å². The Morgan fingerprint density at radius 3 is 2.87 bits per heavy atom. The molecule has 0 spiro atoms. The first-order valence-electron chi connectivity index (χ1n) is 5.27. The van der Waals surface area contributed by atoms with Crippen LogP contribution in [-0.4, -0.2) is 29.9 Å². The maximum absolute atomic E-state index is 9.75. The lowest BCUT2D eigenvalue weighted by Crippen LogP contribution is -2.26. The van der Waals surface area contributed by atoms with Gasteiger partial charge in [-0.25, -0.2) is 0 Å². The third kappa shape index (κ3) is 4.75. The summed E-state index contributed by atoms with van der Waals surface area (Å²) in [6, 6.07) is 3.88. The molecule has 4 heteroatoms. The molecule has 0 fully saturated rings. The van der Waals surface area contributed by atoms with Crippen molar-refractivity contribution in [1.82, 2.24) is 5.32 Å². The van der Waals surface area contributed by atoms with Crippen LogP contribution in [0.3, 0.4) is 0 Å². The van der Waals surface area contributed by atoms with E-state index in [4.69, 9.17) is 5.11 Å². The van der Waals surface area contributed by atoms with Crippen LogP contribution in [0.25, 0.3) is 0 Å². The van der Waals surface area contributed by atoms with E-state index >= 15 is 0 Å². The van der Waals surface area contributed by atoms with Gasteiger partial charge >= 0.3 is 0 Å². The smallest absolute Gasteiger partial charge is 0.101 e. The predicted octanol–water partition coefficient (Wildman–Crippen LogP) is 1.39. The third-order valence-corrected chi connectivity index (χ3v) is 3.30. The van der Waals surface area contributed by atoms with Crippen LogP contribution in [0, 0.1) is 5.92 Å². The van der Waals surface area contributed by atoms with Gasteiger partial charge in [-0.15, -0.1) is 11.3 Å². The van der Waals surface area contributed by atoms with Gasteiger partial charge in [0.1, 0.15) is 6.10 Å². The Labute approximate surface area is 94.8 Å². The first kappa shape index (κ1) is 12.6. The van der Waals surface area contributed by atoms with Gasteiger partial charge < -0.3 is 15.5 Å². The molecule has 1 heterocycles. The van der Waals surface area contributed by atoms with Crippen molar-refractivity contribution in [3.63, 3.8) is 0 Å². The van der Waals surface area contributed by atoms with Crippen LogP contribution in [0.2, 0.25) is 0 Å². The molecule has 1 aromatic heterocycles. The average Bonchev–Trinajstić information content (AvgIpc) is 2.70. The van der Waals surface area contributed by atoms with E-state index in [1.807, 2.05) is 17.5 Å². The van der Waals surface area contributed by atoms with Gasteiger partial charge in [0.2, 0.25) is 0 Å². The van der Waals surface area contributed by atoms with E-state index in [0.29, 0.717) is 12.5 Å². The maximum Gasteiger partial charge on any atom is 0.101 e. The summed E-state index contributed by atoms with van der Waals surface area (Å²) < 4.78 is 0. The van der Waals surface area contributed by atoms with E-state index in [0.717, 1.165) is 17.8 Å². The van der Waals surface area contributed by atoms with Crippen LogP contribution in [0.5, 0.6) is 0 Å². The normalized spacial score (nSPS) is 15.1. The highest BCUT2D eigenvalue weighted by molar-refractivity contribution is 7.10. The summed E-state index contributed by atoms with van der Waals surface area (Å²) in [5.74, 6) is 0.450. The standard InChI is InChI=1S/C11H19NO2S/c1-9(4-5-13)7-12-8-10(14)11-3-2-6-15-11/h2-3,6,9-10,12-14H,4-5,7-8H2,1H3. The zero-order valence-electron chi connectivity index (χ0n) is 9.02. The number of aliphatic hydroxyl groups is 2. The van der Waals surface area contributed by atoms with Crippen LogP contribution in [-0.2, 0) is 0 Å². The molecule has 2 unspecified atom stereocenters. The fourth-order valence-corrected chi connectivity index (χ4v) is 2.08. The second-order valence-corrected chi connectivity index (χ2v) is 4.79. The van der Waals surface area contributed by atoms with Crippen molar-refractivity contribution in [2.45, 2.75) is 19.4 Å². The molecule has 0 saturated heterocycles. The van der Waals surface area contributed by atoms with Gasteiger partial charge in [-0.1, -0.05) is 13.0 Å². The van der Waals surface area contributed by atoms with E-state index < -0.39 is 6.10 Å². The van der Waals surface area contributed by atoms with Crippen molar-refractivity contribution < 1.29 is 10.2 Å². The Hall–Kier alpha value is -0.420. The highest BCUT2D eigenvalue weighted by Crippen LogP contribution is 2.17. The average molecular weight is 229 g/mol. The summed E-state index contributed by atoms with van der Waals surface area (Å²) in [7, 11) is 0. The lowest BCUT2D eigenvalue weighted by molar-refractivity contribution is 0.175. The summed E-state index contributed by atoms with van der Waals surface area (Å²) in [6.45, 7) is 3.73. The molecule has 0 aromatic carbocycles. The van der Waals surface area contributed by atoms with Crippen molar-refractivity contribution in [3.8, 4) is 0 Å². The lowest BCUT2D eigenvalue weighted by Gasteiger charge is -2.13. The molecule has 3 nitrogen and oxygen atoms in total. The zero-order chi connectivity index (χ0) is 11.1. The first-order valence-corrected chi connectivity index (χ1v) is 6.15. The minimum Gasteiger partial charge on any atom is -0.396 e. The van der Waals surface area contributed by atoms with Gasteiger partial charge in [-0.2, -0.15) is 0 Å². The minimum absolute atomic E-state index is 0.232. The number of hydrogen-bond donors (Lipinski definition) is 3. The number of nitrogens with one attached hydrogen (secondary N) is 1. The van der Waals surface area contributed by atoms with Crippen LogP contribution in [0.4, 0.5) is 0 Å². The van der Waals surface area contributed by atoms with Crippen molar-refractivity contribution in [2.75, 3.05) is 19.7 Å². The molecule has 1 rings (SSSR count). The highest BCUT2D eigenvalue weighted by Gasteiger charge is 2.08. The van der Waals surface area contributed by atoms with Gasteiger partial charge in [0.15, 0.2) is 0 Å². The molecule has 0 amide bonds. The summed E-state index contributed by atoms with van der Waals surface area (Å²) in [5, 5.41) is 23.6. The lowest BCUT2D eigenvalue weighted by atomic mass is 10.1. The number of rotatable bonds is 7. The minimum atomic E-state index is -0.411. The summed E-state index contributed by atoms with van der Waals surface area (Å²) in [5.41, 5.74) is 0. The molecule has 0 aliphatic heterocycles. The Balaban J connectivity index is 2.15. The van der Waals surface area contributed by atoms with E-state index in [1.165, 1.54) is 0 Å². The molecular weight excluding hydrogens is 210 g/mol. The molecule has 0 aliphatic rings. The largest absolute Gasteiger partial charge is 0.396 e. The third-order valence-electron chi connectivity index (χ3n) is 2.32. The van der Waals surface area contributed by atoms with E-state index in [9.17, 15) is 5.11 Å². The number of aliphatic hydroxyl groups excluding tert-OH is 2. The molecule has 2 atom stereocenters. The van der Waals surface area contributed by atoms with Gasteiger partial charge in [0, 0.05) is 18.0 Å². The predicted molar refractivity (Wildman–Crippen MR) is 63.0 cm³/mol. The van der Waals surface area contributed by atoms with Gasteiger partial charge in [-0.05, 0) is 30.3 Å². The molecule has 1 aromatic rings. The fourth-order valence-electron chi connectivity index (χ4n) is 1.37. The zero-order valence-corrected chi connectivity index (χ0v) is 9.83. The Kier molecular flexibility index (Phi) is 5.86. The molecule has 86 valence electrons. The molecular formula is C11H19NO2S. The second kappa shape index (κ2) is 6.95. The summed E-state index contributed by atoms with van der Waals surface area (Å²) in [4.78, 5) is 0.998. The molecule has 15 heavy (non-hydrogen) atoms.